The summed E-state index contributed by atoms with van der Waals surface area (Å²) in [7, 11) is 0. The first-order valence-corrected chi connectivity index (χ1v) is 8.48. The molecule has 1 atom stereocenters. The second-order valence-electron chi connectivity index (χ2n) is 6.71. The summed E-state index contributed by atoms with van der Waals surface area (Å²) in [6.45, 7) is 5.27. The van der Waals surface area contributed by atoms with Crippen LogP contribution >= 0.6 is 0 Å². The van der Waals surface area contributed by atoms with Crippen LogP contribution in [0.15, 0.2) is 41.1 Å². The van der Waals surface area contributed by atoms with Crippen LogP contribution in [0.4, 0.5) is 0 Å². The Morgan fingerprint density at radius 3 is 3.13 bits per heavy atom. The third-order valence-electron chi connectivity index (χ3n) is 4.74. The Labute approximate surface area is 136 Å². The highest BCUT2D eigenvalue weighted by atomic mass is 16.3. The number of aryl methyl sites for hydroxylation is 1. The second kappa shape index (κ2) is 5.85. The van der Waals surface area contributed by atoms with Crippen molar-refractivity contribution in [1.29, 1.82) is 0 Å². The minimum absolute atomic E-state index is 0.392. The van der Waals surface area contributed by atoms with Crippen molar-refractivity contribution < 1.29 is 4.42 Å². The summed E-state index contributed by atoms with van der Waals surface area (Å²) in [5, 5.41) is 9.51. The van der Waals surface area contributed by atoms with E-state index in [1.165, 1.54) is 35.0 Å². The molecule has 1 unspecified atom stereocenters. The lowest BCUT2D eigenvalue weighted by Crippen LogP contribution is -2.27. The van der Waals surface area contributed by atoms with Gasteiger partial charge in [-0.3, -0.25) is 4.68 Å². The number of aromatic nitrogens is 2. The molecule has 0 amide bonds. The molecule has 0 radical (unpaired) electrons. The molecule has 0 aliphatic heterocycles. The van der Waals surface area contributed by atoms with Crippen LogP contribution in [-0.4, -0.2) is 9.78 Å². The van der Waals surface area contributed by atoms with E-state index in [1.54, 1.807) is 6.26 Å². The van der Waals surface area contributed by atoms with Crippen molar-refractivity contribution in [2.45, 2.75) is 51.7 Å². The predicted molar refractivity (Wildman–Crippen MR) is 91.3 cm³/mol. The van der Waals surface area contributed by atoms with Gasteiger partial charge in [0.15, 0.2) is 0 Å². The molecule has 0 spiro atoms. The molecule has 0 saturated heterocycles. The lowest BCUT2D eigenvalue weighted by atomic mass is 9.93. The van der Waals surface area contributed by atoms with Crippen LogP contribution in [0.5, 0.6) is 0 Å². The van der Waals surface area contributed by atoms with Crippen LogP contribution in [-0.2, 0) is 13.0 Å². The van der Waals surface area contributed by atoms with Crippen LogP contribution in [0, 0.1) is 0 Å². The van der Waals surface area contributed by atoms with Crippen molar-refractivity contribution in [3.63, 3.8) is 0 Å². The molecule has 0 saturated carbocycles. The monoisotopic (exact) mass is 309 g/mol. The van der Waals surface area contributed by atoms with E-state index in [9.17, 15) is 0 Å². The van der Waals surface area contributed by atoms with Gasteiger partial charge in [0.25, 0.3) is 0 Å². The summed E-state index contributed by atoms with van der Waals surface area (Å²) in [6, 6.07) is 9.21. The molecular weight excluding hydrogens is 286 g/mol. The van der Waals surface area contributed by atoms with Crippen LogP contribution in [0.2, 0.25) is 0 Å². The maximum atomic E-state index is 5.41. The van der Waals surface area contributed by atoms with E-state index in [0.717, 1.165) is 18.5 Å². The fraction of sp³-hybridized carbons (Fsp3) is 0.421. The van der Waals surface area contributed by atoms with E-state index in [-0.39, 0.29) is 0 Å². The largest absolute Gasteiger partial charge is 0.464 e. The molecule has 1 aliphatic carbocycles. The Hall–Kier alpha value is -2.07. The maximum Gasteiger partial charge on any atom is 0.133 e. The standard InChI is InChI=1S/C19H23N3O/c1-13(2)22-19-16(12-21-22)4-3-5-17(19)20-11-14-6-7-18-15(10-14)8-9-23-18/h6-10,12-13,17,20H,3-5,11H2,1-2H3. The lowest BCUT2D eigenvalue weighted by molar-refractivity contribution is 0.402. The molecule has 2 aromatic heterocycles. The van der Waals surface area contributed by atoms with Crippen molar-refractivity contribution in [2.24, 2.45) is 0 Å². The number of rotatable bonds is 4. The van der Waals surface area contributed by atoms with E-state index < -0.39 is 0 Å². The summed E-state index contributed by atoms with van der Waals surface area (Å²) in [4.78, 5) is 0. The van der Waals surface area contributed by atoms with Crippen LogP contribution in [0.3, 0.4) is 0 Å². The van der Waals surface area contributed by atoms with Crippen molar-refractivity contribution in [2.75, 3.05) is 0 Å². The minimum Gasteiger partial charge on any atom is -0.464 e. The van der Waals surface area contributed by atoms with Gasteiger partial charge in [0.2, 0.25) is 0 Å². The second-order valence-corrected chi connectivity index (χ2v) is 6.71. The van der Waals surface area contributed by atoms with E-state index in [0.29, 0.717) is 12.1 Å². The molecule has 0 bridgehead atoms. The topological polar surface area (TPSA) is 43.0 Å². The molecule has 120 valence electrons. The molecule has 1 aromatic carbocycles. The zero-order chi connectivity index (χ0) is 15.8. The Balaban J connectivity index is 1.54. The smallest absolute Gasteiger partial charge is 0.133 e. The SMILES string of the molecule is CC(C)n1ncc2c1C(NCc1ccc3occc3c1)CCC2. The number of nitrogens with zero attached hydrogens (tertiary/aromatic N) is 2. The average molecular weight is 309 g/mol. The third-order valence-corrected chi connectivity index (χ3v) is 4.74. The van der Waals surface area contributed by atoms with Crippen molar-refractivity contribution in [3.8, 4) is 0 Å². The summed E-state index contributed by atoms with van der Waals surface area (Å²) >= 11 is 0. The van der Waals surface area contributed by atoms with Gasteiger partial charge in [-0.25, -0.2) is 0 Å². The van der Waals surface area contributed by atoms with Gasteiger partial charge in [-0.1, -0.05) is 6.07 Å². The zero-order valence-corrected chi connectivity index (χ0v) is 13.7. The first-order valence-electron chi connectivity index (χ1n) is 8.48. The van der Waals surface area contributed by atoms with E-state index >= 15 is 0 Å². The third kappa shape index (κ3) is 2.68. The van der Waals surface area contributed by atoms with Crippen LogP contribution in [0.1, 0.15) is 55.6 Å². The fourth-order valence-electron chi connectivity index (χ4n) is 3.59. The van der Waals surface area contributed by atoms with Crippen molar-refractivity contribution in [1.82, 2.24) is 15.1 Å². The first-order chi connectivity index (χ1) is 11.2. The number of nitrogens with one attached hydrogen (secondary N) is 1. The average Bonchev–Trinajstić information content (AvgIpc) is 3.18. The molecule has 1 N–H and O–H groups in total. The van der Waals surface area contributed by atoms with Gasteiger partial charge >= 0.3 is 0 Å². The van der Waals surface area contributed by atoms with Gasteiger partial charge in [0, 0.05) is 24.0 Å². The van der Waals surface area contributed by atoms with Gasteiger partial charge in [-0.15, -0.1) is 0 Å². The predicted octanol–water partition coefficient (Wildman–Crippen LogP) is 4.38. The summed E-state index contributed by atoms with van der Waals surface area (Å²) < 4.78 is 7.60. The normalized spacial score (nSPS) is 17.8. The minimum atomic E-state index is 0.392. The molecule has 0 fully saturated rings. The van der Waals surface area contributed by atoms with Gasteiger partial charge in [0.1, 0.15) is 5.58 Å². The first kappa shape index (κ1) is 14.5. The number of hydrogen-bond acceptors (Lipinski definition) is 3. The molecule has 2 heterocycles. The van der Waals surface area contributed by atoms with Gasteiger partial charge in [-0.2, -0.15) is 5.10 Å². The van der Waals surface area contributed by atoms with E-state index in [2.05, 4.69) is 53.3 Å². The van der Waals surface area contributed by atoms with E-state index in [1.807, 2.05) is 6.07 Å². The Morgan fingerprint density at radius 1 is 1.35 bits per heavy atom. The van der Waals surface area contributed by atoms with Gasteiger partial charge in [0.05, 0.1) is 18.2 Å². The molecule has 3 aromatic rings. The fourth-order valence-corrected chi connectivity index (χ4v) is 3.59. The van der Waals surface area contributed by atoms with Gasteiger partial charge < -0.3 is 9.73 Å². The quantitative estimate of drug-likeness (QED) is 0.778. The molecule has 4 rings (SSSR count). The Morgan fingerprint density at radius 2 is 2.26 bits per heavy atom. The molecule has 4 heteroatoms. The highest BCUT2D eigenvalue weighted by Gasteiger charge is 2.25. The number of fused-ring (bicyclic) bond motifs is 2. The van der Waals surface area contributed by atoms with Crippen LogP contribution < -0.4 is 5.32 Å². The number of furan rings is 1. The summed E-state index contributed by atoms with van der Waals surface area (Å²) in [5.41, 5.74) is 5.04. The number of hydrogen-bond donors (Lipinski definition) is 1. The summed E-state index contributed by atoms with van der Waals surface area (Å²) in [6.07, 6.45) is 7.37. The highest BCUT2D eigenvalue weighted by molar-refractivity contribution is 5.77. The van der Waals surface area contributed by atoms with Gasteiger partial charge in [-0.05, 0) is 62.4 Å². The maximum absolute atomic E-state index is 5.41. The zero-order valence-electron chi connectivity index (χ0n) is 13.7. The van der Waals surface area contributed by atoms with Crippen molar-refractivity contribution in [3.05, 3.63) is 53.5 Å². The van der Waals surface area contributed by atoms with E-state index in [4.69, 9.17) is 4.42 Å². The lowest BCUT2D eigenvalue weighted by Gasteiger charge is -2.26. The highest BCUT2D eigenvalue weighted by Crippen LogP contribution is 2.31. The molecule has 23 heavy (non-hydrogen) atoms. The Bertz CT molecular complexity index is 815. The molecule has 1 aliphatic rings. The summed E-state index contributed by atoms with van der Waals surface area (Å²) in [5.74, 6) is 0. The van der Waals surface area contributed by atoms with Crippen molar-refractivity contribution >= 4 is 11.0 Å². The molecule has 4 nitrogen and oxygen atoms in total. The molecular formula is C19H23N3O. The number of benzene rings is 1. The Kier molecular flexibility index (Phi) is 3.69. The van der Waals surface area contributed by atoms with Crippen LogP contribution in [0.25, 0.3) is 11.0 Å².